The molecule has 0 saturated carbocycles. The van der Waals surface area contributed by atoms with E-state index in [9.17, 15) is 14.4 Å². The Labute approximate surface area is 139 Å². The summed E-state index contributed by atoms with van der Waals surface area (Å²) in [6, 6.07) is 4.61. The SMILES string of the molecule is CCn1c(=O)[nH]c2cc(C(=O)NC(C)(C)CN)ccc2c1=O.Cl. The van der Waals surface area contributed by atoms with E-state index < -0.39 is 11.2 Å². The number of rotatable bonds is 4. The van der Waals surface area contributed by atoms with Crippen molar-refractivity contribution in [3.05, 3.63) is 44.6 Å². The third-order valence-electron chi connectivity index (χ3n) is 3.52. The van der Waals surface area contributed by atoms with Crippen LogP contribution in [0.5, 0.6) is 0 Å². The first kappa shape index (κ1) is 18.9. The van der Waals surface area contributed by atoms with Crippen LogP contribution in [0.4, 0.5) is 0 Å². The molecular formula is C15H21ClN4O3. The van der Waals surface area contributed by atoms with Gasteiger partial charge in [-0.05, 0) is 39.0 Å². The van der Waals surface area contributed by atoms with E-state index in [1.165, 1.54) is 6.07 Å². The average molecular weight is 341 g/mol. The molecule has 0 radical (unpaired) electrons. The number of H-pyrrole nitrogens is 1. The number of nitrogens with zero attached hydrogens (tertiary/aromatic N) is 1. The smallest absolute Gasteiger partial charge is 0.328 e. The van der Waals surface area contributed by atoms with E-state index in [-0.39, 0.29) is 30.4 Å². The number of halogens is 1. The Balaban J connectivity index is 0.00000264. The predicted octanol–water partition coefficient (Wildman–Crippen LogP) is 0.599. The second-order valence-electron chi connectivity index (χ2n) is 5.78. The van der Waals surface area contributed by atoms with Crippen LogP contribution >= 0.6 is 12.4 Å². The molecule has 1 aromatic heterocycles. The van der Waals surface area contributed by atoms with Gasteiger partial charge in [0.2, 0.25) is 0 Å². The molecule has 1 aromatic carbocycles. The molecule has 2 aromatic rings. The van der Waals surface area contributed by atoms with E-state index in [2.05, 4.69) is 10.3 Å². The molecule has 0 aliphatic rings. The van der Waals surface area contributed by atoms with Crippen LogP contribution in [-0.2, 0) is 6.54 Å². The zero-order chi connectivity index (χ0) is 16.5. The number of nitrogens with one attached hydrogen (secondary N) is 2. The molecule has 0 fully saturated rings. The van der Waals surface area contributed by atoms with Crippen LogP contribution in [0.3, 0.4) is 0 Å². The predicted molar refractivity (Wildman–Crippen MR) is 92.4 cm³/mol. The maximum Gasteiger partial charge on any atom is 0.328 e. The first-order valence-electron chi connectivity index (χ1n) is 7.08. The number of amides is 1. The highest BCUT2D eigenvalue weighted by atomic mass is 35.5. The lowest BCUT2D eigenvalue weighted by molar-refractivity contribution is 0.0916. The summed E-state index contributed by atoms with van der Waals surface area (Å²) in [5.74, 6) is -0.308. The summed E-state index contributed by atoms with van der Waals surface area (Å²) >= 11 is 0. The van der Waals surface area contributed by atoms with Gasteiger partial charge in [0, 0.05) is 24.2 Å². The van der Waals surface area contributed by atoms with Gasteiger partial charge in [0.15, 0.2) is 0 Å². The van der Waals surface area contributed by atoms with Crippen molar-refractivity contribution in [1.82, 2.24) is 14.9 Å². The van der Waals surface area contributed by atoms with Crippen molar-refractivity contribution in [3.63, 3.8) is 0 Å². The summed E-state index contributed by atoms with van der Waals surface area (Å²) in [5.41, 5.74) is 4.91. The van der Waals surface area contributed by atoms with Crippen molar-refractivity contribution >= 4 is 29.2 Å². The summed E-state index contributed by atoms with van der Waals surface area (Å²) < 4.78 is 1.11. The largest absolute Gasteiger partial charge is 0.346 e. The number of nitrogens with two attached hydrogens (primary N) is 1. The number of fused-ring (bicyclic) bond motifs is 1. The summed E-state index contributed by atoms with van der Waals surface area (Å²) in [6.45, 7) is 5.93. The minimum absolute atomic E-state index is 0. The zero-order valence-corrected chi connectivity index (χ0v) is 14.1. The van der Waals surface area contributed by atoms with Crippen molar-refractivity contribution in [2.45, 2.75) is 32.9 Å². The van der Waals surface area contributed by atoms with Crippen molar-refractivity contribution < 1.29 is 4.79 Å². The summed E-state index contributed by atoms with van der Waals surface area (Å²) in [4.78, 5) is 38.8. The van der Waals surface area contributed by atoms with Crippen molar-refractivity contribution in [1.29, 1.82) is 0 Å². The van der Waals surface area contributed by atoms with Crippen molar-refractivity contribution in [3.8, 4) is 0 Å². The standard InChI is InChI=1S/C15H20N4O3.ClH/c1-4-19-13(21)10-6-5-9(7-11(10)17-14(19)22)12(20)18-15(2,3)8-16;/h5-7H,4,8,16H2,1-3H3,(H,17,22)(H,18,20);1H. The van der Waals surface area contributed by atoms with E-state index in [1.54, 1.807) is 19.1 Å². The van der Waals surface area contributed by atoms with E-state index in [1.807, 2.05) is 13.8 Å². The van der Waals surface area contributed by atoms with Crippen LogP contribution in [0.25, 0.3) is 10.9 Å². The number of hydrogen-bond donors (Lipinski definition) is 3. The molecule has 0 aliphatic heterocycles. The van der Waals surface area contributed by atoms with E-state index in [0.717, 1.165) is 4.57 Å². The summed E-state index contributed by atoms with van der Waals surface area (Å²) in [6.07, 6.45) is 0. The molecule has 0 spiro atoms. The van der Waals surface area contributed by atoms with Crippen LogP contribution in [0.2, 0.25) is 0 Å². The van der Waals surface area contributed by atoms with Crippen LogP contribution in [0.15, 0.2) is 27.8 Å². The molecule has 7 nitrogen and oxygen atoms in total. The Kier molecular flexibility index (Phi) is 5.74. The monoisotopic (exact) mass is 340 g/mol. The quantitative estimate of drug-likeness (QED) is 0.756. The van der Waals surface area contributed by atoms with Gasteiger partial charge in [-0.3, -0.25) is 14.2 Å². The molecule has 0 unspecified atom stereocenters. The molecule has 0 bridgehead atoms. The van der Waals surface area contributed by atoms with Gasteiger partial charge in [-0.25, -0.2) is 4.79 Å². The fraction of sp³-hybridized carbons (Fsp3) is 0.400. The molecule has 0 aliphatic carbocycles. The number of benzene rings is 1. The van der Waals surface area contributed by atoms with Gasteiger partial charge in [-0.15, -0.1) is 12.4 Å². The fourth-order valence-corrected chi connectivity index (χ4v) is 2.11. The van der Waals surface area contributed by atoms with E-state index >= 15 is 0 Å². The van der Waals surface area contributed by atoms with Crippen LogP contribution in [-0.4, -0.2) is 27.5 Å². The third-order valence-corrected chi connectivity index (χ3v) is 3.52. The van der Waals surface area contributed by atoms with Crippen LogP contribution < -0.4 is 22.3 Å². The van der Waals surface area contributed by atoms with E-state index in [0.29, 0.717) is 23.0 Å². The molecule has 0 atom stereocenters. The number of hydrogen-bond acceptors (Lipinski definition) is 4. The molecule has 1 amide bonds. The van der Waals surface area contributed by atoms with Gasteiger partial charge in [0.1, 0.15) is 0 Å². The average Bonchev–Trinajstić information content (AvgIpc) is 2.46. The van der Waals surface area contributed by atoms with E-state index in [4.69, 9.17) is 5.73 Å². The molecule has 23 heavy (non-hydrogen) atoms. The highest BCUT2D eigenvalue weighted by Crippen LogP contribution is 2.10. The van der Waals surface area contributed by atoms with Crippen LogP contribution in [0, 0.1) is 0 Å². The molecule has 2 rings (SSSR count). The maximum absolute atomic E-state index is 12.2. The Bertz CT molecular complexity index is 839. The summed E-state index contributed by atoms with van der Waals surface area (Å²) in [5, 5.41) is 3.17. The maximum atomic E-state index is 12.2. The van der Waals surface area contributed by atoms with Crippen molar-refractivity contribution in [2.24, 2.45) is 5.73 Å². The number of aromatic amines is 1. The number of aromatic nitrogens is 2. The van der Waals surface area contributed by atoms with Gasteiger partial charge in [0.25, 0.3) is 11.5 Å². The van der Waals surface area contributed by atoms with Gasteiger partial charge >= 0.3 is 5.69 Å². The Hall–Kier alpha value is -2.12. The first-order chi connectivity index (χ1) is 10.3. The highest BCUT2D eigenvalue weighted by molar-refractivity contribution is 5.98. The third kappa shape index (κ3) is 3.80. The Morgan fingerprint density at radius 2 is 2.00 bits per heavy atom. The fourth-order valence-electron chi connectivity index (χ4n) is 2.11. The molecule has 126 valence electrons. The van der Waals surface area contributed by atoms with Gasteiger partial charge in [0.05, 0.1) is 10.9 Å². The second-order valence-corrected chi connectivity index (χ2v) is 5.78. The normalized spacial score (nSPS) is 11.1. The molecule has 8 heteroatoms. The van der Waals surface area contributed by atoms with Gasteiger partial charge < -0.3 is 16.0 Å². The second kappa shape index (κ2) is 6.97. The summed E-state index contributed by atoms with van der Waals surface area (Å²) in [7, 11) is 0. The minimum atomic E-state index is -0.537. The first-order valence-corrected chi connectivity index (χ1v) is 7.08. The highest BCUT2D eigenvalue weighted by Gasteiger charge is 2.19. The van der Waals surface area contributed by atoms with Gasteiger partial charge in [-0.1, -0.05) is 0 Å². The molecular weight excluding hydrogens is 320 g/mol. The number of carbonyl (C=O) groups excluding carboxylic acids is 1. The lowest BCUT2D eigenvalue weighted by atomic mass is 10.0. The molecule has 0 saturated heterocycles. The lowest BCUT2D eigenvalue weighted by Crippen LogP contribution is -2.48. The topological polar surface area (TPSA) is 110 Å². The minimum Gasteiger partial charge on any atom is -0.346 e. The van der Waals surface area contributed by atoms with Crippen molar-refractivity contribution in [2.75, 3.05) is 6.54 Å². The zero-order valence-electron chi connectivity index (χ0n) is 13.3. The molecule has 1 heterocycles. The van der Waals surface area contributed by atoms with Crippen LogP contribution in [0.1, 0.15) is 31.1 Å². The number of carbonyl (C=O) groups is 1. The Morgan fingerprint density at radius 3 is 2.57 bits per heavy atom. The molecule has 4 N–H and O–H groups in total. The van der Waals surface area contributed by atoms with Gasteiger partial charge in [-0.2, -0.15) is 0 Å². The Morgan fingerprint density at radius 1 is 1.35 bits per heavy atom. The lowest BCUT2D eigenvalue weighted by Gasteiger charge is -2.24.